The maximum Gasteiger partial charge on any atom is 0.229 e. The van der Waals surface area contributed by atoms with E-state index in [4.69, 9.17) is 10.5 Å². The standard InChI is InChI=1S/C11H14N2O2.ClH/c12-9-3-1-2-4-10(9)13-11(14)8-5-6-15-7-8;/h1-4,8H,5-7,12H2,(H,13,14);1H. The third kappa shape index (κ3) is 2.87. The topological polar surface area (TPSA) is 64.3 Å². The first-order valence-electron chi connectivity index (χ1n) is 5.00. The Bertz CT molecular complexity index is 365. The molecule has 1 aliphatic heterocycles. The number of rotatable bonds is 2. The third-order valence-corrected chi connectivity index (χ3v) is 2.52. The molecule has 0 aliphatic carbocycles. The molecule has 0 radical (unpaired) electrons. The van der Waals surface area contributed by atoms with Crippen molar-refractivity contribution in [3.8, 4) is 0 Å². The van der Waals surface area contributed by atoms with Gasteiger partial charge in [-0.15, -0.1) is 12.4 Å². The van der Waals surface area contributed by atoms with Gasteiger partial charge in [0.05, 0.1) is 23.9 Å². The number of amides is 1. The Morgan fingerprint density at radius 3 is 2.81 bits per heavy atom. The van der Waals surface area contributed by atoms with Crippen molar-refractivity contribution in [3.63, 3.8) is 0 Å². The first-order chi connectivity index (χ1) is 7.27. The summed E-state index contributed by atoms with van der Waals surface area (Å²) in [6.07, 6.45) is 0.790. The largest absolute Gasteiger partial charge is 0.397 e. The molecule has 1 atom stereocenters. The second-order valence-corrected chi connectivity index (χ2v) is 3.64. The van der Waals surface area contributed by atoms with Crippen LogP contribution in [-0.2, 0) is 9.53 Å². The minimum atomic E-state index is -0.0374. The number of carbonyl (C=O) groups excluding carboxylic acids is 1. The van der Waals surface area contributed by atoms with E-state index in [0.717, 1.165) is 6.42 Å². The fraction of sp³-hybridized carbons (Fsp3) is 0.364. The van der Waals surface area contributed by atoms with Crippen molar-refractivity contribution in [2.24, 2.45) is 5.92 Å². The summed E-state index contributed by atoms with van der Waals surface area (Å²) in [5.74, 6) is -0.0463. The summed E-state index contributed by atoms with van der Waals surface area (Å²) in [4.78, 5) is 11.7. The van der Waals surface area contributed by atoms with Crippen molar-refractivity contribution in [3.05, 3.63) is 24.3 Å². The average molecular weight is 243 g/mol. The van der Waals surface area contributed by atoms with E-state index in [-0.39, 0.29) is 24.2 Å². The Morgan fingerprint density at radius 2 is 2.19 bits per heavy atom. The third-order valence-electron chi connectivity index (χ3n) is 2.52. The van der Waals surface area contributed by atoms with E-state index in [9.17, 15) is 4.79 Å². The number of para-hydroxylation sites is 2. The normalized spacial score (nSPS) is 18.9. The molecule has 3 N–H and O–H groups in total. The van der Waals surface area contributed by atoms with Crippen molar-refractivity contribution >= 4 is 29.7 Å². The lowest BCUT2D eigenvalue weighted by molar-refractivity contribution is -0.119. The van der Waals surface area contributed by atoms with E-state index in [1.165, 1.54) is 0 Å². The lowest BCUT2D eigenvalue weighted by Gasteiger charge is -2.10. The number of halogens is 1. The SMILES string of the molecule is Cl.Nc1ccccc1NC(=O)C1CCOC1. The van der Waals surface area contributed by atoms with Crippen LogP contribution in [0.2, 0.25) is 0 Å². The Hall–Kier alpha value is -1.26. The summed E-state index contributed by atoms with van der Waals surface area (Å²) in [7, 11) is 0. The molecule has 1 aliphatic rings. The summed E-state index contributed by atoms with van der Waals surface area (Å²) < 4.78 is 5.15. The lowest BCUT2D eigenvalue weighted by Crippen LogP contribution is -2.23. The molecule has 1 aromatic carbocycles. The van der Waals surface area contributed by atoms with E-state index in [0.29, 0.717) is 24.6 Å². The highest BCUT2D eigenvalue weighted by Crippen LogP contribution is 2.20. The van der Waals surface area contributed by atoms with Gasteiger partial charge in [-0.3, -0.25) is 4.79 Å². The number of nitrogen functional groups attached to an aromatic ring is 1. The summed E-state index contributed by atoms with van der Waals surface area (Å²) in [6, 6.07) is 7.24. The molecule has 2 rings (SSSR count). The van der Waals surface area contributed by atoms with Crippen LogP contribution in [0, 0.1) is 5.92 Å². The Labute approximate surface area is 101 Å². The smallest absolute Gasteiger partial charge is 0.229 e. The van der Waals surface area contributed by atoms with Crippen LogP contribution in [0.4, 0.5) is 11.4 Å². The molecule has 0 saturated carbocycles. The molecular weight excluding hydrogens is 228 g/mol. The van der Waals surface area contributed by atoms with Crippen molar-refractivity contribution < 1.29 is 9.53 Å². The maximum absolute atomic E-state index is 11.7. The molecule has 1 aromatic rings. The molecule has 0 aromatic heterocycles. The van der Waals surface area contributed by atoms with Gasteiger partial charge < -0.3 is 15.8 Å². The van der Waals surface area contributed by atoms with Crippen molar-refractivity contribution in [1.82, 2.24) is 0 Å². The zero-order valence-corrected chi connectivity index (χ0v) is 9.63. The molecule has 0 bridgehead atoms. The summed E-state index contributed by atoms with van der Waals surface area (Å²) in [6.45, 7) is 1.18. The second kappa shape index (κ2) is 5.72. The van der Waals surface area contributed by atoms with E-state index < -0.39 is 0 Å². The van der Waals surface area contributed by atoms with E-state index in [1.807, 2.05) is 12.1 Å². The maximum atomic E-state index is 11.7. The molecule has 16 heavy (non-hydrogen) atoms. The highest BCUT2D eigenvalue weighted by Gasteiger charge is 2.23. The van der Waals surface area contributed by atoms with E-state index in [2.05, 4.69) is 5.32 Å². The number of nitrogens with one attached hydrogen (secondary N) is 1. The van der Waals surface area contributed by atoms with Crippen LogP contribution in [-0.4, -0.2) is 19.1 Å². The molecular formula is C11H15ClN2O2. The summed E-state index contributed by atoms with van der Waals surface area (Å²) in [5, 5.41) is 2.81. The van der Waals surface area contributed by atoms with Crippen LogP contribution in [0.3, 0.4) is 0 Å². The predicted octanol–water partition coefficient (Wildman–Crippen LogP) is 1.67. The van der Waals surface area contributed by atoms with Gasteiger partial charge in [-0.05, 0) is 18.6 Å². The molecule has 1 saturated heterocycles. The first-order valence-corrected chi connectivity index (χ1v) is 5.00. The fourth-order valence-electron chi connectivity index (χ4n) is 1.59. The van der Waals surface area contributed by atoms with Crippen molar-refractivity contribution in [1.29, 1.82) is 0 Å². The number of hydrogen-bond acceptors (Lipinski definition) is 3. The van der Waals surface area contributed by atoms with Gasteiger partial charge in [0.2, 0.25) is 5.91 Å². The van der Waals surface area contributed by atoms with E-state index in [1.54, 1.807) is 12.1 Å². The number of benzene rings is 1. The quantitative estimate of drug-likeness (QED) is 0.776. The Balaban J connectivity index is 0.00000128. The van der Waals surface area contributed by atoms with Crippen molar-refractivity contribution in [2.45, 2.75) is 6.42 Å². The van der Waals surface area contributed by atoms with Gasteiger partial charge >= 0.3 is 0 Å². The zero-order valence-electron chi connectivity index (χ0n) is 8.81. The lowest BCUT2D eigenvalue weighted by atomic mass is 10.1. The van der Waals surface area contributed by atoms with Gasteiger partial charge in [0.1, 0.15) is 0 Å². The average Bonchev–Trinajstić information content (AvgIpc) is 2.74. The monoisotopic (exact) mass is 242 g/mol. The van der Waals surface area contributed by atoms with E-state index >= 15 is 0 Å². The zero-order chi connectivity index (χ0) is 10.7. The fourth-order valence-corrected chi connectivity index (χ4v) is 1.59. The van der Waals surface area contributed by atoms with Crippen molar-refractivity contribution in [2.75, 3.05) is 24.3 Å². The number of hydrogen-bond donors (Lipinski definition) is 2. The molecule has 1 amide bonds. The highest BCUT2D eigenvalue weighted by molar-refractivity contribution is 5.95. The van der Waals surface area contributed by atoms with Crippen LogP contribution in [0.5, 0.6) is 0 Å². The molecule has 0 spiro atoms. The first kappa shape index (κ1) is 12.8. The Kier molecular flexibility index (Phi) is 4.58. The minimum absolute atomic E-state index is 0. The Morgan fingerprint density at radius 1 is 1.44 bits per heavy atom. The van der Waals surface area contributed by atoms with Gasteiger partial charge in [0, 0.05) is 6.61 Å². The number of anilines is 2. The summed E-state index contributed by atoms with van der Waals surface area (Å²) in [5.41, 5.74) is 6.98. The van der Waals surface area contributed by atoms with Crippen LogP contribution in [0.15, 0.2) is 24.3 Å². The summed E-state index contributed by atoms with van der Waals surface area (Å²) >= 11 is 0. The predicted molar refractivity (Wildman–Crippen MR) is 65.7 cm³/mol. The molecule has 5 heteroatoms. The van der Waals surface area contributed by atoms with Crippen LogP contribution in [0.25, 0.3) is 0 Å². The number of ether oxygens (including phenoxy) is 1. The molecule has 4 nitrogen and oxygen atoms in total. The van der Waals surface area contributed by atoms with Gasteiger partial charge in [0.25, 0.3) is 0 Å². The minimum Gasteiger partial charge on any atom is -0.397 e. The van der Waals surface area contributed by atoms with Gasteiger partial charge in [0.15, 0.2) is 0 Å². The number of nitrogens with two attached hydrogens (primary N) is 1. The van der Waals surface area contributed by atoms with Crippen LogP contribution in [0.1, 0.15) is 6.42 Å². The molecule has 1 heterocycles. The van der Waals surface area contributed by atoms with Crippen LogP contribution < -0.4 is 11.1 Å². The molecule has 1 unspecified atom stereocenters. The molecule has 88 valence electrons. The highest BCUT2D eigenvalue weighted by atomic mass is 35.5. The van der Waals surface area contributed by atoms with Crippen LogP contribution >= 0.6 is 12.4 Å². The van der Waals surface area contributed by atoms with Gasteiger partial charge in [-0.25, -0.2) is 0 Å². The van der Waals surface area contributed by atoms with Gasteiger partial charge in [-0.2, -0.15) is 0 Å². The molecule has 1 fully saturated rings. The number of carbonyl (C=O) groups is 1. The van der Waals surface area contributed by atoms with Gasteiger partial charge in [-0.1, -0.05) is 12.1 Å². The second-order valence-electron chi connectivity index (χ2n) is 3.64.